The van der Waals surface area contributed by atoms with Crippen molar-refractivity contribution in [2.24, 2.45) is 0 Å². The molecule has 0 bridgehead atoms. The van der Waals surface area contributed by atoms with Crippen molar-refractivity contribution in [2.75, 3.05) is 13.7 Å². The third-order valence-electron chi connectivity index (χ3n) is 5.65. The Morgan fingerprint density at radius 3 is 2.55 bits per heavy atom. The molecule has 1 aromatic heterocycles. The van der Waals surface area contributed by atoms with Crippen molar-refractivity contribution in [3.05, 3.63) is 100 Å². The molecule has 0 saturated carbocycles. The number of para-hydroxylation sites is 2. The van der Waals surface area contributed by atoms with Gasteiger partial charge >= 0.3 is 0 Å². The molecule has 0 aliphatic rings. The van der Waals surface area contributed by atoms with Crippen molar-refractivity contribution in [3.63, 3.8) is 0 Å². The first-order chi connectivity index (χ1) is 16.0. The summed E-state index contributed by atoms with van der Waals surface area (Å²) < 4.78 is 21.3. The molecular weight excluding hydrogens is 421 g/mol. The van der Waals surface area contributed by atoms with E-state index in [0.29, 0.717) is 28.8 Å². The highest BCUT2D eigenvalue weighted by molar-refractivity contribution is 5.95. The van der Waals surface area contributed by atoms with E-state index in [-0.39, 0.29) is 17.4 Å². The van der Waals surface area contributed by atoms with Crippen LogP contribution in [0.2, 0.25) is 0 Å². The molecule has 4 rings (SSSR count). The molecule has 0 radical (unpaired) electrons. The molecule has 0 spiro atoms. The fourth-order valence-corrected chi connectivity index (χ4v) is 3.95. The van der Waals surface area contributed by atoms with Crippen molar-refractivity contribution in [1.29, 1.82) is 0 Å². The molecule has 0 N–H and O–H groups in total. The van der Waals surface area contributed by atoms with Crippen LogP contribution in [-0.2, 0) is 0 Å². The second-order valence-electron chi connectivity index (χ2n) is 7.58. The first kappa shape index (κ1) is 22.2. The second kappa shape index (κ2) is 9.24. The Labute approximate surface area is 190 Å². The van der Waals surface area contributed by atoms with Crippen molar-refractivity contribution >= 4 is 16.8 Å². The van der Waals surface area contributed by atoms with E-state index in [1.165, 1.54) is 23.8 Å². The Balaban J connectivity index is 1.90. The minimum atomic E-state index is -0.620. The van der Waals surface area contributed by atoms with E-state index in [1.54, 1.807) is 72.5 Å². The van der Waals surface area contributed by atoms with Gasteiger partial charge in [-0.15, -0.1) is 0 Å². The summed E-state index contributed by atoms with van der Waals surface area (Å²) >= 11 is 0. The highest BCUT2D eigenvalue weighted by atomic mass is 19.1. The van der Waals surface area contributed by atoms with Gasteiger partial charge in [-0.1, -0.05) is 30.3 Å². The fourth-order valence-electron chi connectivity index (χ4n) is 3.95. The standard InChI is InChI=1S/C26H24FN3O3/c1-4-29(25(31)18-10-9-11-19(16-18)33-3)17(2)24-28-22-14-7-5-12-20(22)26(32)30(24)23-15-8-6-13-21(23)27/h5-17H,4H2,1-3H3. The molecule has 4 aromatic rings. The van der Waals surface area contributed by atoms with E-state index in [4.69, 9.17) is 9.72 Å². The zero-order chi connectivity index (χ0) is 23.5. The van der Waals surface area contributed by atoms with Crippen LogP contribution in [0.4, 0.5) is 4.39 Å². The molecule has 1 heterocycles. The number of halogens is 1. The van der Waals surface area contributed by atoms with E-state index in [2.05, 4.69) is 0 Å². The smallest absolute Gasteiger partial charge is 0.266 e. The lowest BCUT2D eigenvalue weighted by Crippen LogP contribution is -2.37. The molecule has 0 fully saturated rings. The third-order valence-corrected chi connectivity index (χ3v) is 5.65. The minimum absolute atomic E-state index is 0.0903. The normalized spacial score (nSPS) is 11.9. The van der Waals surface area contributed by atoms with Gasteiger partial charge in [0.25, 0.3) is 11.5 Å². The van der Waals surface area contributed by atoms with Crippen LogP contribution in [0.25, 0.3) is 16.6 Å². The highest BCUT2D eigenvalue weighted by Gasteiger charge is 2.27. The van der Waals surface area contributed by atoms with Crippen LogP contribution in [0.3, 0.4) is 0 Å². The number of aromatic nitrogens is 2. The van der Waals surface area contributed by atoms with Crippen molar-refractivity contribution in [1.82, 2.24) is 14.5 Å². The zero-order valence-corrected chi connectivity index (χ0v) is 18.7. The fraction of sp³-hybridized carbons (Fsp3) is 0.192. The molecule has 1 unspecified atom stereocenters. The number of ether oxygens (including phenoxy) is 1. The zero-order valence-electron chi connectivity index (χ0n) is 18.7. The number of hydrogen-bond acceptors (Lipinski definition) is 4. The molecule has 0 aliphatic carbocycles. The van der Waals surface area contributed by atoms with Gasteiger partial charge in [-0.2, -0.15) is 0 Å². The van der Waals surface area contributed by atoms with Crippen molar-refractivity contribution < 1.29 is 13.9 Å². The van der Waals surface area contributed by atoms with Crippen molar-refractivity contribution in [3.8, 4) is 11.4 Å². The van der Waals surface area contributed by atoms with Crippen molar-refractivity contribution in [2.45, 2.75) is 19.9 Å². The molecule has 6 nitrogen and oxygen atoms in total. The van der Waals surface area contributed by atoms with Crippen LogP contribution < -0.4 is 10.3 Å². The number of hydrogen-bond donors (Lipinski definition) is 0. The van der Waals surface area contributed by atoms with Crippen LogP contribution >= 0.6 is 0 Å². The van der Waals surface area contributed by atoms with Gasteiger partial charge in [0.05, 0.1) is 29.7 Å². The first-order valence-corrected chi connectivity index (χ1v) is 10.7. The van der Waals surface area contributed by atoms with Crippen LogP contribution in [0.1, 0.15) is 36.1 Å². The predicted octanol–water partition coefficient (Wildman–Crippen LogP) is 4.76. The largest absolute Gasteiger partial charge is 0.497 e. The minimum Gasteiger partial charge on any atom is -0.497 e. The van der Waals surface area contributed by atoms with Gasteiger partial charge < -0.3 is 9.64 Å². The number of carbonyl (C=O) groups is 1. The summed E-state index contributed by atoms with van der Waals surface area (Å²) in [4.78, 5) is 33.2. The molecule has 1 amide bonds. The Hall–Kier alpha value is -4.00. The summed E-state index contributed by atoms with van der Waals surface area (Å²) in [7, 11) is 1.54. The molecule has 33 heavy (non-hydrogen) atoms. The Morgan fingerprint density at radius 1 is 1.09 bits per heavy atom. The number of benzene rings is 3. The van der Waals surface area contributed by atoms with E-state index in [1.807, 2.05) is 6.92 Å². The van der Waals surface area contributed by atoms with Crippen LogP contribution in [0.15, 0.2) is 77.6 Å². The quantitative estimate of drug-likeness (QED) is 0.429. The summed E-state index contributed by atoms with van der Waals surface area (Å²) in [5.74, 6) is 0.0530. The molecule has 7 heteroatoms. The van der Waals surface area contributed by atoms with Gasteiger partial charge in [-0.3, -0.25) is 14.2 Å². The van der Waals surface area contributed by atoms with Gasteiger partial charge in [0.1, 0.15) is 17.4 Å². The third kappa shape index (κ3) is 4.09. The Bertz CT molecular complexity index is 1380. The number of fused-ring (bicyclic) bond motifs is 1. The second-order valence-corrected chi connectivity index (χ2v) is 7.58. The molecular formula is C26H24FN3O3. The maximum atomic E-state index is 14.8. The van der Waals surface area contributed by atoms with Gasteiger partial charge in [-0.05, 0) is 56.3 Å². The number of nitrogens with zero attached hydrogens (tertiary/aromatic N) is 3. The average molecular weight is 445 g/mol. The number of rotatable bonds is 6. The number of methoxy groups -OCH3 is 1. The van der Waals surface area contributed by atoms with E-state index in [9.17, 15) is 14.0 Å². The summed E-state index contributed by atoms with van der Waals surface area (Å²) in [5, 5.41) is 0.374. The van der Waals surface area contributed by atoms with E-state index in [0.717, 1.165) is 0 Å². The molecule has 3 aromatic carbocycles. The average Bonchev–Trinajstić information content (AvgIpc) is 2.85. The predicted molar refractivity (Wildman–Crippen MR) is 125 cm³/mol. The lowest BCUT2D eigenvalue weighted by atomic mass is 10.1. The number of carbonyl (C=O) groups excluding carboxylic acids is 1. The summed E-state index contributed by atoms with van der Waals surface area (Å²) in [6.45, 7) is 3.99. The summed E-state index contributed by atoms with van der Waals surface area (Å²) in [6.07, 6.45) is 0. The van der Waals surface area contributed by atoms with E-state index >= 15 is 0 Å². The van der Waals surface area contributed by atoms with Gasteiger partial charge in [-0.25, -0.2) is 9.37 Å². The lowest BCUT2D eigenvalue weighted by Gasteiger charge is -2.29. The van der Waals surface area contributed by atoms with Crippen LogP contribution in [0.5, 0.6) is 5.75 Å². The SMILES string of the molecule is CCN(C(=O)c1cccc(OC)c1)C(C)c1nc2ccccc2c(=O)n1-c1ccccc1F. The first-order valence-electron chi connectivity index (χ1n) is 10.7. The van der Waals surface area contributed by atoms with Gasteiger partial charge in [0, 0.05) is 12.1 Å². The highest BCUT2D eigenvalue weighted by Crippen LogP contribution is 2.26. The Morgan fingerprint density at radius 2 is 1.82 bits per heavy atom. The van der Waals surface area contributed by atoms with Gasteiger partial charge in [0.2, 0.25) is 0 Å². The maximum absolute atomic E-state index is 14.8. The molecule has 1 atom stereocenters. The van der Waals surface area contributed by atoms with E-state index < -0.39 is 17.4 Å². The topological polar surface area (TPSA) is 64.4 Å². The number of amides is 1. The molecule has 168 valence electrons. The maximum Gasteiger partial charge on any atom is 0.266 e. The lowest BCUT2D eigenvalue weighted by molar-refractivity contribution is 0.0693. The summed E-state index contributed by atoms with van der Waals surface area (Å²) in [5.41, 5.74) is 0.635. The molecule has 0 saturated heterocycles. The summed E-state index contributed by atoms with van der Waals surface area (Å²) in [6, 6.07) is 19.2. The monoisotopic (exact) mass is 445 g/mol. The van der Waals surface area contributed by atoms with Gasteiger partial charge in [0.15, 0.2) is 0 Å². The van der Waals surface area contributed by atoms with Crippen LogP contribution in [0, 0.1) is 5.82 Å². The molecule has 0 aliphatic heterocycles. The van der Waals surface area contributed by atoms with Crippen LogP contribution in [-0.4, -0.2) is 34.0 Å². The Kier molecular flexibility index (Phi) is 6.22.